The van der Waals surface area contributed by atoms with Gasteiger partial charge in [0, 0.05) is 12.2 Å². The molecule has 1 unspecified atom stereocenters. The summed E-state index contributed by atoms with van der Waals surface area (Å²) < 4.78 is 11.2. The summed E-state index contributed by atoms with van der Waals surface area (Å²) in [7, 11) is 0. The Morgan fingerprint density at radius 2 is 2.15 bits per heavy atom. The van der Waals surface area contributed by atoms with Crippen molar-refractivity contribution in [1.29, 1.82) is 0 Å². The van der Waals surface area contributed by atoms with Crippen molar-refractivity contribution in [2.45, 2.75) is 38.7 Å². The van der Waals surface area contributed by atoms with Crippen LogP contribution >= 0.6 is 0 Å². The maximum Gasteiger partial charge on any atom is 0.258 e. The molecule has 1 aromatic heterocycles. The summed E-state index contributed by atoms with van der Waals surface area (Å²) in [5.74, 6) is 1.31. The van der Waals surface area contributed by atoms with Crippen LogP contribution in [-0.4, -0.2) is 21.9 Å². The average molecular weight is 274 g/mol. The topological polar surface area (TPSA) is 68.4 Å². The first-order valence-corrected chi connectivity index (χ1v) is 6.87. The van der Waals surface area contributed by atoms with Crippen LogP contribution in [0.4, 0.5) is 0 Å². The number of hydrogen-bond donors (Lipinski definition) is 1. The first-order valence-electron chi connectivity index (χ1n) is 6.87. The summed E-state index contributed by atoms with van der Waals surface area (Å²) in [5, 5.41) is 13.6. The fourth-order valence-corrected chi connectivity index (χ4v) is 2.45. The molecule has 0 amide bonds. The molecule has 20 heavy (non-hydrogen) atoms. The monoisotopic (exact) mass is 274 g/mol. The standard InChI is InChI=1S/C15H18N2O3/c1-10-9-11(5-6-12(10)18)13-16-14(17-20-13)15(2)7-3-4-8-19-15/h5-6,9,18H,3-4,7-8H2,1-2H3. The molecule has 106 valence electrons. The second-order valence-electron chi connectivity index (χ2n) is 5.46. The van der Waals surface area contributed by atoms with Gasteiger partial charge in [0.15, 0.2) is 0 Å². The van der Waals surface area contributed by atoms with Crippen LogP contribution in [0.2, 0.25) is 0 Å². The fraction of sp³-hybridized carbons (Fsp3) is 0.467. The predicted octanol–water partition coefficient (Wildman–Crippen LogP) is 3.17. The molecular weight excluding hydrogens is 256 g/mol. The van der Waals surface area contributed by atoms with E-state index < -0.39 is 5.60 Å². The lowest BCUT2D eigenvalue weighted by Gasteiger charge is -2.30. The number of phenolic OH excluding ortho intramolecular Hbond substituents is 1. The Hall–Kier alpha value is -1.88. The lowest BCUT2D eigenvalue weighted by molar-refractivity contribution is -0.0770. The van der Waals surface area contributed by atoms with E-state index in [1.807, 2.05) is 19.9 Å². The predicted molar refractivity (Wildman–Crippen MR) is 73.3 cm³/mol. The van der Waals surface area contributed by atoms with Gasteiger partial charge in [0.25, 0.3) is 5.89 Å². The van der Waals surface area contributed by atoms with Crippen LogP contribution < -0.4 is 0 Å². The fourth-order valence-electron chi connectivity index (χ4n) is 2.45. The number of rotatable bonds is 2. The van der Waals surface area contributed by atoms with Crippen LogP contribution in [0.15, 0.2) is 22.7 Å². The van der Waals surface area contributed by atoms with Gasteiger partial charge in [0.1, 0.15) is 11.4 Å². The number of ether oxygens (including phenoxy) is 1. The lowest BCUT2D eigenvalue weighted by Crippen LogP contribution is -2.31. The van der Waals surface area contributed by atoms with Gasteiger partial charge < -0.3 is 14.4 Å². The molecule has 1 aliphatic rings. The largest absolute Gasteiger partial charge is 0.508 e. The zero-order chi connectivity index (χ0) is 14.2. The van der Waals surface area contributed by atoms with Crippen molar-refractivity contribution in [1.82, 2.24) is 10.1 Å². The van der Waals surface area contributed by atoms with Gasteiger partial charge in [0.05, 0.1) is 0 Å². The van der Waals surface area contributed by atoms with E-state index in [9.17, 15) is 5.11 Å². The van der Waals surface area contributed by atoms with Crippen molar-refractivity contribution in [3.05, 3.63) is 29.6 Å². The molecule has 0 spiro atoms. The van der Waals surface area contributed by atoms with E-state index in [2.05, 4.69) is 10.1 Å². The first kappa shape index (κ1) is 13.1. The van der Waals surface area contributed by atoms with Gasteiger partial charge in [-0.2, -0.15) is 4.98 Å². The number of aryl methyl sites for hydroxylation is 1. The van der Waals surface area contributed by atoms with Gasteiger partial charge in [-0.05, 0) is 56.9 Å². The van der Waals surface area contributed by atoms with E-state index >= 15 is 0 Å². The summed E-state index contributed by atoms with van der Waals surface area (Å²) in [4.78, 5) is 4.46. The third-order valence-electron chi connectivity index (χ3n) is 3.81. The molecule has 5 heteroatoms. The smallest absolute Gasteiger partial charge is 0.258 e. The highest BCUT2D eigenvalue weighted by Gasteiger charge is 2.35. The van der Waals surface area contributed by atoms with Crippen molar-refractivity contribution >= 4 is 0 Å². The Labute approximate surface area is 117 Å². The Bertz CT molecular complexity index is 615. The number of hydrogen-bond acceptors (Lipinski definition) is 5. The summed E-state index contributed by atoms with van der Waals surface area (Å²) in [6, 6.07) is 5.23. The molecule has 3 rings (SSSR count). The second-order valence-corrected chi connectivity index (χ2v) is 5.46. The number of aromatic nitrogens is 2. The first-order chi connectivity index (χ1) is 9.58. The molecule has 1 aliphatic heterocycles. The van der Waals surface area contributed by atoms with E-state index in [1.165, 1.54) is 0 Å². The van der Waals surface area contributed by atoms with Crippen LogP contribution in [0.1, 0.15) is 37.6 Å². The van der Waals surface area contributed by atoms with Crippen LogP contribution in [0.25, 0.3) is 11.5 Å². The lowest BCUT2D eigenvalue weighted by atomic mass is 9.95. The summed E-state index contributed by atoms with van der Waals surface area (Å²) in [6.07, 6.45) is 3.09. The highest BCUT2D eigenvalue weighted by Crippen LogP contribution is 2.34. The van der Waals surface area contributed by atoms with E-state index in [-0.39, 0.29) is 5.75 Å². The second kappa shape index (κ2) is 4.90. The molecule has 0 aliphatic carbocycles. The minimum Gasteiger partial charge on any atom is -0.508 e. The zero-order valence-electron chi connectivity index (χ0n) is 11.7. The number of aromatic hydroxyl groups is 1. The molecule has 2 aromatic rings. The molecule has 1 atom stereocenters. The quantitative estimate of drug-likeness (QED) is 0.911. The number of nitrogens with zero attached hydrogens (tertiary/aromatic N) is 2. The normalized spacial score (nSPS) is 22.9. The summed E-state index contributed by atoms with van der Waals surface area (Å²) >= 11 is 0. The van der Waals surface area contributed by atoms with Gasteiger partial charge in [0.2, 0.25) is 5.82 Å². The molecule has 0 bridgehead atoms. The number of benzene rings is 1. The molecule has 1 aromatic carbocycles. The Morgan fingerprint density at radius 3 is 2.85 bits per heavy atom. The van der Waals surface area contributed by atoms with Crippen molar-refractivity contribution in [3.63, 3.8) is 0 Å². The number of phenols is 1. The van der Waals surface area contributed by atoms with Gasteiger partial charge in [-0.3, -0.25) is 0 Å². The SMILES string of the molecule is Cc1cc(-c2nc(C3(C)CCCCO3)no2)ccc1O. The molecule has 1 N–H and O–H groups in total. The highest BCUT2D eigenvalue weighted by atomic mass is 16.5. The third kappa shape index (κ3) is 2.29. The van der Waals surface area contributed by atoms with Crippen LogP contribution in [0.5, 0.6) is 5.75 Å². The van der Waals surface area contributed by atoms with Gasteiger partial charge in [-0.15, -0.1) is 0 Å². The Morgan fingerprint density at radius 1 is 1.30 bits per heavy atom. The zero-order valence-corrected chi connectivity index (χ0v) is 11.7. The minimum absolute atomic E-state index is 0.260. The van der Waals surface area contributed by atoms with E-state index in [0.717, 1.165) is 37.0 Å². The maximum absolute atomic E-state index is 9.55. The summed E-state index contributed by atoms with van der Waals surface area (Å²) in [6.45, 7) is 4.57. The van der Waals surface area contributed by atoms with Crippen LogP contribution in [0, 0.1) is 6.92 Å². The van der Waals surface area contributed by atoms with Crippen molar-refractivity contribution in [3.8, 4) is 17.2 Å². The van der Waals surface area contributed by atoms with Crippen LogP contribution in [0.3, 0.4) is 0 Å². The third-order valence-corrected chi connectivity index (χ3v) is 3.81. The Kier molecular flexibility index (Phi) is 3.22. The van der Waals surface area contributed by atoms with Crippen molar-refractivity contribution < 1.29 is 14.4 Å². The molecular formula is C15H18N2O3. The molecule has 1 saturated heterocycles. The van der Waals surface area contributed by atoms with Gasteiger partial charge in [-0.1, -0.05) is 5.16 Å². The average Bonchev–Trinajstić information content (AvgIpc) is 2.93. The highest BCUT2D eigenvalue weighted by molar-refractivity contribution is 5.56. The molecule has 0 radical (unpaired) electrons. The molecule has 0 saturated carbocycles. The van der Waals surface area contributed by atoms with E-state index in [4.69, 9.17) is 9.26 Å². The minimum atomic E-state index is -0.452. The van der Waals surface area contributed by atoms with Crippen molar-refractivity contribution in [2.75, 3.05) is 6.61 Å². The van der Waals surface area contributed by atoms with Gasteiger partial charge >= 0.3 is 0 Å². The molecule has 2 heterocycles. The van der Waals surface area contributed by atoms with Gasteiger partial charge in [-0.25, -0.2) is 0 Å². The van der Waals surface area contributed by atoms with E-state index in [1.54, 1.807) is 12.1 Å². The maximum atomic E-state index is 9.55. The Balaban J connectivity index is 1.91. The van der Waals surface area contributed by atoms with Crippen molar-refractivity contribution in [2.24, 2.45) is 0 Å². The van der Waals surface area contributed by atoms with Crippen LogP contribution in [-0.2, 0) is 10.3 Å². The summed E-state index contributed by atoms with van der Waals surface area (Å²) in [5.41, 5.74) is 1.13. The molecule has 1 fully saturated rings. The molecule has 5 nitrogen and oxygen atoms in total. The van der Waals surface area contributed by atoms with E-state index in [0.29, 0.717) is 11.7 Å².